The molecule has 1 aliphatic rings. The SMILES string of the molecule is CCCn1c(SC(C(=O)NC2CC2)c2ccccc2)nnc1-c1ccncc1. The number of hydrogen-bond acceptors (Lipinski definition) is 5. The summed E-state index contributed by atoms with van der Waals surface area (Å²) in [7, 11) is 0. The maximum Gasteiger partial charge on any atom is 0.238 e. The van der Waals surface area contributed by atoms with E-state index in [4.69, 9.17) is 0 Å². The van der Waals surface area contributed by atoms with Crippen LogP contribution in [0.3, 0.4) is 0 Å². The highest BCUT2D eigenvalue weighted by Gasteiger charge is 2.30. The number of carbonyl (C=O) groups excluding carboxylic acids is 1. The summed E-state index contributed by atoms with van der Waals surface area (Å²) < 4.78 is 2.10. The fourth-order valence-corrected chi connectivity index (χ4v) is 4.10. The van der Waals surface area contributed by atoms with E-state index < -0.39 is 0 Å². The lowest BCUT2D eigenvalue weighted by molar-refractivity contribution is -0.120. The summed E-state index contributed by atoms with van der Waals surface area (Å²) in [5, 5.41) is 12.4. The van der Waals surface area contributed by atoms with Gasteiger partial charge in [-0.25, -0.2) is 0 Å². The molecule has 1 amide bonds. The van der Waals surface area contributed by atoms with Gasteiger partial charge in [-0.15, -0.1) is 10.2 Å². The molecule has 144 valence electrons. The molecule has 0 bridgehead atoms. The van der Waals surface area contributed by atoms with Crippen LogP contribution in [0, 0.1) is 0 Å². The van der Waals surface area contributed by atoms with E-state index in [0.717, 1.165) is 47.9 Å². The number of nitrogens with one attached hydrogen (secondary N) is 1. The van der Waals surface area contributed by atoms with Gasteiger partial charge >= 0.3 is 0 Å². The van der Waals surface area contributed by atoms with Crippen molar-refractivity contribution in [2.45, 2.75) is 49.2 Å². The highest BCUT2D eigenvalue weighted by molar-refractivity contribution is 8.00. The molecule has 3 aromatic rings. The van der Waals surface area contributed by atoms with E-state index in [1.807, 2.05) is 42.5 Å². The van der Waals surface area contributed by atoms with Crippen molar-refractivity contribution >= 4 is 17.7 Å². The quantitative estimate of drug-likeness (QED) is 0.588. The van der Waals surface area contributed by atoms with Crippen LogP contribution in [0.25, 0.3) is 11.4 Å². The molecule has 4 rings (SSSR count). The average molecular weight is 394 g/mol. The third kappa shape index (κ3) is 4.25. The molecule has 0 saturated heterocycles. The van der Waals surface area contributed by atoms with Crippen LogP contribution >= 0.6 is 11.8 Å². The normalized spacial score (nSPS) is 14.6. The Hall–Kier alpha value is -2.67. The van der Waals surface area contributed by atoms with Crippen LogP contribution in [0.5, 0.6) is 0 Å². The number of rotatable bonds is 8. The Morgan fingerprint density at radius 2 is 1.93 bits per heavy atom. The summed E-state index contributed by atoms with van der Waals surface area (Å²) in [4.78, 5) is 17.0. The highest BCUT2D eigenvalue weighted by Crippen LogP contribution is 2.37. The number of benzene rings is 1. The van der Waals surface area contributed by atoms with Gasteiger partial charge in [-0.3, -0.25) is 9.78 Å². The molecule has 1 aromatic carbocycles. The van der Waals surface area contributed by atoms with E-state index >= 15 is 0 Å². The molecule has 0 radical (unpaired) electrons. The van der Waals surface area contributed by atoms with Gasteiger partial charge in [0.1, 0.15) is 5.25 Å². The second-order valence-corrected chi connectivity index (χ2v) is 7.96. The lowest BCUT2D eigenvalue weighted by Gasteiger charge is -2.17. The van der Waals surface area contributed by atoms with Gasteiger partial charge in [0.05, 0.1) is 0 Å². The third-order valence-corrected chi connectivity index (χ3v) is 5.82. The summed E-state index contributed by atoms with van der Waals surface area (Å²) in [6.07, 6.45) is 6.59. The van der Waals surface area contributed by atoms with E-state index in [1.165, 1.54) is 11.8 Å². The van der Waals surface area contributed by atoms with Crippen molar-refractivity contribution in [3.05, 3.63) is 60.4 Å². The molecule has 1 saturated carbocycles. The van der Waals surface area contributed by atoms with Gasteiger partial charge in [-0.1, -0.05) is 49.0 Å². The molecule has 0 spiro atoms. The number of hydrogen-bond donors (Lipinski definition) is 1. The summed E-state index contributed by atoms with van der Waals surface area (Å²) >= 11 is 1.46. The van der Waals surface area contributed by atoms with E-state index in [1.54, 1.807) is 12.4 Å². The second-order valence-electron chi connectivity index (χ2n) is 6.89. The van der Waals surface area contributed by atoms with Crippen molar-refractivity contribution in [3.8, 4) is 11.4 Å². The summed E-state index contributed by atoms with van der Waals surface area (Å²) in [6.45, 7) is 2.91. The third-order valence-electron chi connectivity index (χ3n) is 4.59. The highest BCUT2D eigenvalue weighted by atomic mass is 32.2. The Morgan fingerprint density at radius 1 is 1.18 bits per heavy atom. The van der Waals surface area contributed by atoms with Crippen molar-refractivity contribution < 1.29 is 4.79 Å². The predicted octanol–water partition coefficient (Wildman–Crippen LogP) is 3.86. The van der Waals surface area contributed by atoms with Crippen molar-refractivity contribution in [1.29, 1.82) is 0 Å². The first-order valence-electron chi connectivity index (χ1n) is 9.62. The lowest BCUT2D eigenvalue weighted by atomic mass is 10.1. The monoisotopic (exact) mass is 393 g/mol. The standard InChI is InChI=1S/C21H23N5OS/c1-2-14-26-19(16-10-12-22-13-11-16)24-25-21(26)28-18(15-6-4-3-5-7-15)20(27)23-17-8-9-17/h3-7,10-13,17-18H,2,8-9,14H2,1H3,(H,23,27). The van der Waals surface area contributed by atoms with Crippen LogP contribution in [0.2, 0.25) is 0 Å². The maximum atomic E-state index is 12.9. The first kappa shape index (κ1) is 18.7. The summed E-state index contributed by atoms with van der Waals surface area (Å²) in [6, 6.07) is 14.1. The van der Waals surface area contributed by atoms with Gasteiger partial charge < -0.3 is 9.88 Å². The van der Waals surface area contributed by atoms with Gasteiger partial charge in [0.2, 0.25) is 5.91 Å². The molecule has 28 heavy (non-hydrogen) atoms. The molecule has 1 unspecified atom stereocenters. The largest absolute Gasteiger partial charge is 0.352 e. The van der Waals surface area contributed by atoms with Crippen molar-refractivity contribution in [1.82, 2.24) is 25.1 Å². The van der Waals surface area contributed by atoms with Gasteiger partial charge in [0, 0.05) is 30.5 Å². The van der Waals surface area contributed by atoms with Gasteiger partial charge in [0.25, 0.3) is 0 Å². The fraction of sp³-hybridized carbons (Fsp3) is 0.333. The van der Waals surface area contributed by atoms with Crippen LogP contribution in [-0.4, -0.2) is 31.7 Å². The Labute approximate surface area is 168 Å². The van der Waals surface area contributed by atoms with Crippen LogP contribution in [0.15, 0.2) is 60.0 Å². The molecule has 7 heteroatoms. The minimum Gasteiger partial charge on any atom is -0.352 e. The van der Waals surface area contributed by atoms with Crippen molar-refractivity contribution in [2.75, 3.05) is 0 Å². The van der Waals surface area contributed by atoms with E-state index in [9.17, 15) is 4.79 Å². The zero-order chi connectivity index (χ0) is 19.3. The second kappa shape index (κ2) is 8.56. The number of amides is 1. The molecule has 1 atom stereocenters. The molecule has 1 aliphatic carbocycles. The minimum absolute atomic E-state index is 0.0372. The Kier molecular flexibility index (Phi) is 5.71. The van der Waals surface area contributed by atoms with E-state index in [2.05, 4.69) is 32.0 Å². The van der Waals surface area contributed by atoms with Crippen molar-refractivity contribution in [3.63, 3.8) is 0 Å². The summed E-state index contributed by atoms with van der Waals surface area (Å²) in [5.41, 5.74) is 1.95. The summed E-state index contributed by atoms with van der Waals surface area (Å²) in [5.74, 6) is 0.844. The van der Waals surface area contributed by atoms with Crippen LogP contribution in [0.1, 0.15) is 37.0 Å². The minimum atomic E-state index is -0.355. The molecule has 6 nitrogen and oxygen atoms in total. The predicted molar refractivity (Wildman–Crippen MR) is 110 cm³/mol. The first-order valence-corrected chi connectivity index (χ1v) is 10.5. The molecule has 2 aromatic heterocycles. The lowest BCUT2D eigenvalue weighted by Crippen LogP contribution is -2.30. The van der Waals surface area contributed by atoms with Gasteiger partial charge in [-0.05, 0) is 37.0 Å². The number of carbonyl (C=O) groups is 1. The van der Waals surface area contributed by atoms with Gasteiger partial charge in [-0.2, -0.15) is 0 Å². The topological polar surface area (TPSA) is 72.7 Å². The Balaban J connectivity index is 1.66. The number of thioether (sulfide) groups is 1. The Bertz CT molecular complexity index is 924. The Morgan fingerprint density at radius 3 is 2.61 bits per heavy atom. The molecule has 1 N–H and O–H groups in total. The van der Waals surface area contributed by atoms with Gasteiger partial charge in [0.15, 0.2) is 11.0 Å². The van der Waals surface area contributed by atoms with Crippen LogP contribution in [-0.2, 0) is 11.3 Å². The molecule has 0 aliphatic heterocycles. The molecule has 2 heterocycles. The first-order chi connectivity index (χ1) is 13.8. The number of nitrogens with zero attached hydrogens (tertiary/aromatic N) is 4. The van der Waals surface area contributed by atoms with Crippen LogP contribution < -0.4 is 5.32 Å². The molecule has 1 fully saturated rings. The zero-order valence-corrected chi connectivity index (χ0v) is 16.6. The number of aromatic nitrogens is 4. The molecular weight excluding hydrogens is 370 g/mol. The zero-order valence-electron chi connectivity index (χ0n) is 15.8. The smallest absolute Gasteiger partial charge is 0.238 e. The van der Waals surface area contributed by atoms with Crippen LogP contribution in [0.4, 0.5) is 0 Å². The maximum absolute atomic E-state index is 12.9. The fourth-order valence-electron chi connectivity index (χ4n) is 3.03. The van der Waals surface area contributed by atoms with Crippen molar-refractivity contribution in [2.24, 2.45) is 0 Å². The number of pyridine rings is 1. The molecular formula is C21H23N5OS. The van der Waals surface area contributed by atoms with E-state index in [-0.39, 0.29) is 11.2 Å². The average Bonchev–Trinajstić information content (AvgIpc) is 3.46. The van der Waals surface area contributed by atoms with E-state index in [0.29, 0.717) is 6.04 Å².